The topological polar surface area (TPSA) is 32.6 Å². The summed E-state index contributed by atoms with van der Waals surface area (Å²) in [4.78, 5) is 4.05. The van der Waals surface area contributed by atoms with Gasteiger partial charge in [-0.25, -0.2) is 4.99 Å². The van der Waals surface area contributed by atoms with Gasteiger partial charge in [-0.2, -0.15) is 0 Å². The van der Waals surface area contributed by atoms with E-state index in [0.29, 0.717) is 6.54 Å². The molecule has 1 unspecified atom stereocenters. The van der Waals surface area contributed by atoms with E-state index in [1.807, 2.05) is 30.3 Å². The molecule has 90 valence electrons. The molecule has 3 heteroatoms. The number of hydrogen-bond acceptors (Lipinski definition) is 3. The molecule has 0 amide bonds. The van der Waals surface area contributed by atoms with Crippen LogP contribution in [0.1, 0.15) is 17.0 Å². The smallest absolute Gasteiger partial charge is 0.115 e. The van der Waals surface area contributed by atoms with Gasteiger partial charge in [-0.3, -0.25) is 0 Å². The summed E-state index contributed by atoms with van der Waals surface area (Å²) in [6.45, 7) is 0.568. The molecule has 2 nitrogen and oxygen atoms in total. The molecule has 2 rings (SSSR count). The van der Waals surface area contributed by atoms with Crippen LogP contribution in [0, 0.1) is 0 Å². The van der Waals surface area contributed by atoms with Crippen LogP contribution in [0.4, 0.5) is 0 Å². The van der Waals surface area contributed by atoms with E-state index in [1.165, 1.54) is 5.56 Å². The van der Waals surface area contributed by atoms with Crippen LogP contribution in [0.5, 0.6) is 5.75 Å². The average Bonchev–Trinajstić information content (AvgIpc) is 2.42. The lowest BCUT2D eigenvalue weighted by molar-refractivity contribution is 0.475. The number of isothiocyanates is 1. The molecule has 0 aliphatic carbocycles. The number of nitrogens with zero attached hydrogens (tertiary/aromatic N) is 1. The van der Waals surface area contributed by atoms with Crippen molar-refractivity contribution in [3.05, 3.63) is 65.7 Å². The lowest BCUT2D eigenvalue weighted by Crippen LogP contribution is -2.04. The molecule has 2 aromatic rings. The van der Waals surface area contributed by atoms with Crippen LogP contribution in [-0.2, 0) is 0 Å². The largest absolute Gasteiger partial charge is 0.508 e. The number of thiocarbonyl (C=S) groups is 1. The number of phenolic OH excluding ortho intramolecular Hbond substituents is 1. The molecule has 18 heavy (non-hydrogen) atoms. The molecule has 0 heterocycles. The molecular weight excluding hydrogens is 242 g/mol. The number of benzene rings is 2. The van der Waals surface area contributed by atoms with E-state index in [1.54, 1.807) is 12.1 Å². The fourth-order valence-corrected chi connectivity index (χ4v) is 2.00. The Bertz CT molecular complexity index is 544. The highest BCUT2D eigenvalue weighted by Crippen LogP contribution is 2.26. The minimum atomic E-state index is 0.141. The Balaban J connectivity index is 2.36. The monoisotopic (exact) mass is 255 g/mol. The first-order valence-corrected chi connectivity index (χ1v) is 6.09. The van der Waals surface area contributed by atoms with Gasteiger partial charge in [0.25, 0.3) is 0 Å². The summed E-state index contributed by atoms with van der Waals surface area (Å²) in [6, 6.07) is 17.3. The lowest BCUT2D eigenvalue weighted by atomic mass is 9.91. The third-order valence-electron chi connectivity index (χ3n) is 2.84. The van der Waals surface area contributed by atoms with E-state index in [0.717, 1.165) is 5.56 Å². The molecule has 0 aliphatic rings. The number of aromatic hydroxyl groups is 1. The maximum atomic E-state index is 9.33. The molecule has 0 aliphatic heterocycles. The van der Waals surface area contributed by atoms with Crippen molar-refractivity contribution in [2.24, 2.45) is 4.99 Å². The zero-order chi connectivity index (χ0) is 12.8. The molecular formula is C15H13NOS. The maximum absolute atomic E-state index is 9.33. The van der Waals surface area contributed by atoms with Crippen molar-refractivity contribution >= 4 is 17.4 Å². The molecule has 0 saturated carbocycles. The summed E-state index contributed by atoms with van der Waals surface area (Å²) in [7, 11) is 0. The standard InChI is InChI=1S/C15H13NOS/c17-14-8-6-13(7-9-14)15(10-16-11-18)12-4-2-1-3-5-12/h1-9,15,17H,10H2. The minimum Gasteiger partial charge on any atom is -0.508 e. The highest BCUT2D eigenvalue weighted by atomic mass is 32.1. The van der Waals surface area contributed by atoms with Gasteiger partial charge in [0, 0.05) is 5.92 Å². The molecule has 0 bridgehead atoms. The first-order valence-electron chi connectivity index (χ1n) is 5.69. The second kappa shape index (κ2) is 6.10. The van der Waals surface area contributed by atoms with Crippen LogP contribution in [0.25, 0.3) is 0 Å². The first-order chi connectivity index (χ1) is 8.81. The number of rotatable bonds is 4. The quantitative estimate of drug-likeness (QED) is 0.668. The Hall–Kier alpha value is -1.96. The van der Waals surface area contributed by atoms with E-state index >= 15 is 0 Å². The van der Waals surface area contributed by atoms with Gasteiger partial charge in [0.1, 0.15) is 5.75 Å². The molecule has 0 fully saturated rings. The molecule has 0 spiro atoms. The molecule has 1 N–H and O–H groups in total. The summed E-state index contributed by atoms with van der Waals surface area (Å²) >= 11 is 4.63. The van der Waals surface area contributed by atoms with Gasteiger partial charge in [0.2, 0.25) is 0 Å². The van der Waals surface area contributed by atoms with Gasteiger partial charge in [-0.1, -0.05) is 42.5 Å². The summed E-state index contributed by atoms with van der Waals surface area (Å²) in [6.07, 6.45) is 0. The lowest BCUT2D eigenvalue weighted by Gasteiger charge is -2.15. The van der Waals surface area contributed by atoms with Crippen molar-refractivity contribution in [1.29, 1.82) is 0 Å². The number of phenols is 1. The molecule has 0 saturated heterocycles. The summed E-state index contributed by atoms with van der Waals surface area (Å²) < 4.78 is 0. The number of aliphatic imine (C=N–C) groups is 1. The summed E-state index contributed by atoms with van der Waals surface area (Å²) in [5, 5.41) is 11.7. The normalized spacial score (nSPS) is 11.6. The second-order valence-electron chi connectivity index (χ2n) is 3.99. The van der Waals surface area contributed by atoms with Crippen LogP contribution in [-0.4, -0.2) is 16.8 Å². The Labute approximate surface area is 112 Å². The predicted octanol–water partition coefficient (Wildman–Crippen LogP) is 3.63. The average molecular weight is 255 g/mol. The van der Waals surface area contributed by atoms with Crippen molar-refractivity contribution in [2.45, 2.75) is 5.92 Å². The second-order valence-corrected chi connectivity index (χ2v) is 4.17. The fourth-order valence-electron chi connectivity index (χ4n) is 1.92. The Morgan fingerprint density at radius 2 is 1.61 bits per heavy atom. The van der Waals surface area contributed by atoms with Crippen molar-refractivity contribution in [1.82, 2.24) is 0 Å². The van der Waals surface area contributed by atoms with Gasteiger partial charge < -0.3 is 5.11 Å². The van der Waals surface area contributed by atoms with Gasteiger partial charge in [0.05, 0.1) is 11.7 Å². The van der Waals surface area contributed by atoms with Crippen molar-refractivity contribution in [3.63, 3.8) is 0 Å². The van der Waals surface area contributed by atoms with E-state index in [2.05, 4.69) is 34.5 Å². The molecule has 0 aromatic heterocycles. The van der Waals surface area contributed by atoms with E-state index < -0.39 is 0 Å². The van der Waals surface area contributed by atoms with Crippen LogP contribution < -0.4 is 0 Å². The third kappa shape index (κ3) is 3.04. The Morgan fingerprint density at radius 3 is 2.22 bits per heavy atom. The molecule has 1 atom stereocenters. The number of hydrogen-bond donors (Lipinski definition) is 1. The van der Waals surface area contributed by atoms with Gasteiger partial charge >= 0.3 is 0 Å². The Morgan fingerprint density at radius 1 is 1.00 bits per heavy atom. The Kier molecular flexibility index (Phi) is 4.24. The van der Waals surface area contributed by atoms with Gasteiger partial charge in [-0.05, 0) is 35.5 Å². The minimum absolute atomic E-state index is 0.141. The van der Waals surface area contributed by atoms with E-state index in [-0.39, 0.29) is 11.7 Å². The maximum Gasteiger partial charge on any atom is 0.115 e. The molecule has 0 radical (unpaired) electrons. The first kappa shape index (κ1) is 12.5. The fraction of sp³-hybridized carbons (Fsp3) is 0.133. The predicted molar refractivity (Wildman–Crippen MR) is 76.3 cm³/mol. The van der Waals surface area contributed by atoms with Crippen LogP contribution >= 0.6 is 12.2 Å². The summed E-state index contributed by atoms with van der Waals surface area (Å²) in [5.74, 6) is 0.408. The van der Waals surface area contributed by atoms with Crippen molar-refractivity contribution < 1.29 is 5.11 Å². The molecule has 2 aromatic carbocycles. The highest BCUT2D eigenvalue weighted by molar-refractivity contribution is 7.78. The van der Waals surface area contributed by atoms with Crippen molar-refractivity contribution in [3.8, 4) is 5.75 Å². The van der Waals surface area contributed by atoms with Crippen LogP contribution in [0.15, 0.2) is 59.6 Å². The van der Waals surface area contributed by atoms with Crippen LogP contribution in [0.3, 0.4) is 0 Å². The van der Waals surface area contributed by atoms with Crippen molar-refractivity contribution in [2.75, 3.05) is 6.54 Å². The van der Waals surface area contributed by atoms with E-state index in [4.69, 9.17) is 0 Å². The SMILES string of the molecule is Oc1ccc(C(CN=C=S)c2ccccc2)cc1. The third-order valence-corrected chi connectivity index (χ3v) is 2.96. The summed E-state index contributed by atoms with van der Waals surface area (Å²) in [5.41, 5.74) is 2.28. The highest BCUT2D eigenvalue weighted by Gasteiger charge is 2.13. The van der Waals surface area contributed by atoms with Gasteiger partial charge in [0.15, 0.2) is 0 Å². The zero-order valence-electron chi connectivity index (χ0n) is 9.78. The zero-order valence-corrected chi connectivity index (χ0v) is 10.6. The van der Waals surface area contributed by atoms with Crippen LogP contribution in [0.2, 0.25) is 0 Å². The van der Waals surface area contributed by atoms with E-state index in [9.17, 15) is 5.11 Å². The van der Waals surface area contributed by atoms with Gasteiger partial charge in [-0.15, -0.1) is 0 Å².